The van der Waals surface area contributed by atoms with Crippen LogP contribution in [0.15, 0.2) is 55.0 Å². The van der Waals surface area contributed by atoms with E-state index in [1.54, 1.807) is 6.92 Å². The van der Waals surface area contributed by atoms with Crippen LogP contribution >= 0.6 is 0 Å². The number of aryl methyl sites for hydroxylation is 2. The molecule has 8 nitrogen and oxygen atoms in total. The maximum absolute atomic E-state index is 11.6. The van der Waals surface area contributed by atoms with Crippen LogP contribution in [0.5, 0.6) is 0 Å². The number of carbonyl (C=O) groups excluding carboxylic acids is 1. The molecule has 1 aliphatic heterocycles. The molecular weight excluding hydrogens is 426 g/mol. The second kappa shape index (κ2) is 9.13. The van der Waals surface area contributed by atoms with Gasteiger partial charge in [0.2, 0.25) is 11.9 Å². The number of aromatic nitrogens is 4. The maximum Gasteiger partial charge on any atom is 0.224 e. The fourth-order valence-corrected chi connectivity index (χ4v) is 4.51. The number of pyridine rings is 1. The predicted molar refractivity (Wildman–Crippen MR) is 134 cm³/mol. The molecule has 0 bridgehead atoms. The standard InChI is InChI=1S/C26H29N7O/c1-18-12-21(4-5-25(18)22-6-7-27-19(2)13-22)15-28-26-29-16-24-14-23(17-30-33(24)26)32-10-8-31(9-11-32)20(3)34/h4-7,12-14,16-17H,8-11,15H2,1-3H3,(H,28,29). The Morgan fingerprint density at radius 3 is 2.56 bits per heavy atom. The van der Waals surface area contributed by atoms with E-state index in [4.69, 9.17) is 0 Å². The van der Waals surface area contributed by atoms with E-state index in [0.717, 1.165) is 49.0 Å². The Balaban J connectivity index is 1.27. The predicted octanol–water partition coefficient (Wildman–Crippen LogP) is 3.69. The molecule has 8 heteroatoms. The Labute approximate surface area is 199 Å². The van der Waals surface area contributed by atoms with Crippen molar-refractivity contribution in [2.24, 2.45) is 0 Å². The number of nitrogens with one attached hydrogen (secondary N) is 1. The summed E-state index contributed by atoms with van der Waals surface area (Å²) < 4.78 is 1.83. The second-order valence-corrected chi connectivity index (χ2v) is 8.81. The first-order valence-corrected chi connectivity index (χ1v) is 11.6. The molecule has 1 saturated heterocycles. The number of rotatable bonds is 5. The summed E-state index contributed by atoms with van der Waals surface area (Å²) in [4.78, 5) is 24.6. The minimum Gasteiger partial charge on any atom is -0.367 e. The molecule has 1 aromatic carbocycles. The Kier molecular flexibility index (Phi) is 5.88. The number of fused-ring (bicyclic) bond motifs is 1. The molecule has 0 saturated carbocycles. The van der Waals surface area contributed by atoms with Gasteiger partial charge in [-0.25, -0.2) is 4.98 Å². The third kappa shape index (κ3) is 4.44. The van der Waals surface area contributed by atoms with Crippen molar-refractivity contribution in [1.82, 2.24) is 24.5 Å². The van der Waals surface area contributed by atoms with E-state index in [9.17, 15) is 4.79 Å². The first kappa shape index (κ1) is 21.9. The van der Waals surface area contributed by atoms with Gasteiger partial charge in [0.15, 0.2) is 0 Å². The molecule has 0 unspecified atom stereocenters. The highest BCUT2D eigenvalue weighted by atomic mass is 16.2. The van der Waals surface area contributed by atoms with E-state index in [-0.39, 0.29) is 5.91 Å². The summed E-state index contributed by atoms with van der Waals surface area (Å²) in [5.74, 6) is 0.853. The SMILES string of the molecule is CC(=O)N1CCN(c2cnn3c(NCc4ccc(-c5ccnc(C)c5)c(C)c4)ncc3c2)CC1. The van der Waals surface area contributed by atoms with Crippen molar-refractivity contribution in [1.29, 1.82) is 0 Å². The van der Waals surface area contributed by atoms with E-state index in [0.29, 0.717) is 6.54 Å². The summed E-state index contributed by atoms with van der Waals surface area (Å²) in [6.45, 7) is 9.54. The van der Waals surface area contributed by atoms with Gasteiger partial charge in [0.25, 0.3) is 0 Å². The Bertz CT molecular complexity index is 1340. The second-order valence-electron chi connectivity index (χ2n) is 8.81. The normalized spacial score (nSPS) is 14.0. The lowest BCUT2D eigenvalue weighted by Crippen LogP contribution is -2.48. The van der Waals surface area contributed by atoms with Gasteiger partial charge in [-0.05, 0) is 54.3 Å². The monoisotopic (exact) mass is 455 g/mol. The summed E-state index contributed by atoms with van der Waals surface area (Å²) in [6.07, 6.45) is 5.57. The average molecular weight is 456 g/mol. The molecule has 3 aromatic heterocycles. The highest BCUT2D eigenvalue weighted by molar-refractivity contribution is 5.73. The Morgan fingerprint density at radius 2 is 1.82 bits per heavy atom. The van der Waals surface area contributed by atoms with Gasteiger partial charge in [-0.2, -0.15) is 9.61 Å². The maximum atomic E-state index is 11.6. The van der Waals surface area contributed by atoms with E-state index >= 15 is 0 Å². The topological polar surface area (TPSA) is 78.7 Å². The molecule has 0 aliphatic carbocycles. The van der Waals surface area contributed by atoms with Crippen LogP contribution in [0.2, 0.25) is 0 Å². The number of imidazole rings is 1. The van der Waals surface area contributed by atoms with Gasteiger partial charge in [0, 0.05) is 51.5 Å². The van der Waals surface area contributed by atoms with E-state index in [1.807, 2.05) is 41.0 Å². The Morgan fingerprint density at radius 1 is 1.00 bits per heavy atom. The van der Waals surface area contributed by atoms with Gasteiger partial charge < -0.3 is 15.1 Å². The van der Waals surface area contributed by atoms with Crippen LogP contribution in [0.1, 0.15) is 23.7 Å². The van der Waals surface area contributed by atoms with Crippen LogP contribution in [-0.4, -0.2) is 56.6 Å². The van der Waals surface area contributed by atoms with Gasteiger partial charge in [-0.3, -0.25) is 9.78 Å². The number of hydrogen-bond acceptors (Lipinski definition) is 6. The molecule has 1 fully saturated rings. The van der Waals surface area contributed by atoms with Crippen LogP contribution < -0.4 is 10.2 Å². The minimum atomic E-state index is 0.136. The van der Waals surface area contributed by atoms with Crippen LogP contribution in [-0.2, 0) is 11.3 Å². The number of nitrogens with zero attached hydrogens (tertiary/aromatic N) is 6. The number of piperazine rings is 1. The highest BCUT2D eigenvalue weighted by Crippen LogP contribution is 2.25. The molecule has 4 heterocycles. The average Bonchev–Trinajstić information content (AvgIpc) is 3.25. The van der Waals surface area contributed by atoms with Crippen LogP contribution in [0, 0.1) is 13.8 Å². The molecule has 174 valence electrons. The first-order valence-electron chi connectivity index (χ1n) is 11.6. The minimum absolute atomic E-state index is 0.136. The van der Waals surface area contributed by atoms with Crippen LogP contribution in [0.4, 0.5) is 11.6 Å². The lowest BCUT2D eigenvalue weighted by atomic mass is 9.99. The fraction of sp³-hybridized carbons (Fsp3) is 0.308. The van der Waals surface area contributed by atoms with Gasteiger partial charge in [0.1, 0.15) is 0 Å². The largest absolute Gasteiger partial charge is 0.367 e. The molecule has 0 spiro atoms. The molecule has 1 amide bonds. The molecular formula is C26H29N7O. The molecule has 34 heavy (non-hydrogen) atoms. The number of hydrogen-bond donors (Lipinski definition) is 1. The Hall–Kier alpha value is -3.94. The van der Waals surface area contributed by atoms with Crippen molar-refractivity contribution in [2.45, 2.75) is 27.3 Å². The van der Waals surface area contributed by atoms with Crippen molar-refractivity contribution in [2.75, 3.05) is 36.4 Å². The zero-order valence-corrected chi connectivity index (χ0v) is 19.8. The van der Waals surface area contributed by atoms with E-state index < -0.39 is 0 Å². The summed E-state index contributed by atoms with van der Waals surface area (Å²) in [6, 6.07) is 12.8. The van der Waals surface area contributed by atoms with Gasteiger partial charge >= 0.3 is 0 Å². The zero-order chi connectivity index (χ0) is 23.7. The zero-order valence-electron chi connectivity index (χ0n) is 19.8. The molecule has 0 radical (unpaired) electrons. The number of benzene rings is 1. The van der Waals surface area contributed by atoms with Gasteiger partial charge in [-0.15, -0.1) is 0 Å². The quantitative estimate of drug-likeness (QED) is 0.495. The lowest BCUT2D eigenvalue weighted by Gasteiger charge is -2.35. The first-order chi connectivity index (χ1) is 16.5. The lowest BCUT2D eigenvalue weighted by molar-refractivity contribution is -0.129. The van der Waals surface area contributed by atoms with Crippen molar-refractivity contribution < 1.29 is 4.79 Å². The molecule has 4 aromatic rings. The fourth-order valence-electron chi connectivity index (χ4n) is 4.51. The molecule has 0 atom stereocenters. The van der Waals surface area contributed by atoms with Crippen molar-refractivity contribution in [3.63, 3.8) is 0 Å². The van der Waals surface area contributed by atoms with Crippen molar-refractivity contribution >= 4 is 23.1 Å². The van der Waals surface area contributed by atoms with E-state index in [1.165, 1.54) is 22.3 Å². The highest BCUT2D eigenvalue weighted by Gasteiger charge is 2.19. The van der Waals surface area contributed by atoms with Gasteiger partial charge in [0.05, 0.1) is 23.6 Å². The summed E-state index contributed by atoms with van der Waals surface area (Å²) >= 11 is 0. The third-order valence-electron chi connectivity index (χ3n) is 6.40. The summed E-state index contributed by atoms with van der Waals surface area (Å²) in [5.41, 5.74) is 7.83. The number of carbonyl (C=O) groups is 1. The van der Waals surface area contributed by atoms with Crippen molar-refractivity contribution in [3.8, 4) is 11.1 Å². The van der Waals surface area contributed by atoms with Crippen molar-refractivity contribution in [3.05, 3.63) is 71.8 Å². The summed E-state index contributed by atoms with van der Waals surface area (Å²) in [7, 11) is 0. The molecule has 1 N–H and O–H groups in total. The van der Waals surface area contributed by atoms with E-state index in [2.05, 4.69) is 62.5 Å². The molecule has 1 aliphatic rings. The number of amides is 1. The van der Waals surface area contributed by atoms with Crippen LogP contribution in [0.25, 0.3) is 16.6 Å². The smallest absolute Gasteiger partial charge is 0.224 e. The van der Waals surface area contributed by atoms with Gasteiger partial charge in [-0.1, -0.05) is 18.2 Å². The molecule has 5 rings (SSSR count). The summed E-state index contributed by atoms with van der Waals surface area (Å²) in [5, 5.41) is 8.04. The number of anilines is 2. The van der Waals surface area contributed by atoms with Crippen LogP contribution in [0.3, 0.4) is 0 Å². The third-order valence-corrected chi connectivity index (χ3v) is 6.40.